The van der Waals surface area contributed by atoms with Gasteiger partial charge in [0.2, 0.25) is 0 Å². The van der Waals surface area contributed by atoms with E-state index in [1.807, 2.05) is 38.4 Å². The molecule has 144 valence electrons. The fourth-order valence-corrected chi connectivity index (χ4v) is 2.97. The molecule has 0 fully saturated rings. The summed E-state index contributed by atoms with van der Waals surface area (Å²) in [6.07, 6.45) is 7.12. The fraction of sp³-hybridized carbons (Fsp3) is 0.143. The third-order valence-electron chi connectivity index (χ3n) is 4.10. The first kappa shape index (κ1) is 20.2. The molecule has 5 nitrogen and oxygen atoms in total. The molecule has 0 atom stereocenters. The predicted octanol–water partition coefficient (Wildman–Crippen LogP) is 5.36. The summed E-state index contributed by atoms with van der Waals surface area (Å²) < 4.78 is 0. The third-order valence-corrected chi connectivity index (χ3v) is 4.76. The summed E-state index contributed by atoms with van der Waals surface area (Å²) in [6.45, 7) is 2.82. The molecule has 4 rings (SSSR count). The Morgan fingerprint density at radius 1 is 1.18 bits per heavy atom. The molecule has 0 saturated heterocycles. The van der Waals surface area contributed by atoms with Crippen molar-refractivity contribution in [2.75, 3.05) is 12.4 Å². The first-order chi connectivity index (χ1) is 13.6. The largest absolute Gasteiger partial charge is 0.361 e. The van der Waals surface area contributed by atoms with Gasteiger partial charge < -0.3 is 15.6 Å². The quantitative estimate of drug-likeness (QED) is 0.341. The van der Waals surface area contributed by atoms with Crippen molar-refractivity contribution in [2.24, 2.45) is 0 Å². The van der Waals surface area contributed by atoms with Gasteiger partial charge in [-0.1, -0.05) is 17.7 Å². The van der Waals surface area contributed by atoms with E-state index in [9.17, 15) is 0 Å². The summed E-state index contributed by atoms with van der Waals surface area (Å²) in [6, 6.07) is 11.9. The van der Waals surface area contributed by atoms with Crippen LogP contribution in [0, 0.1) is 6.92 Å². The lowest BCUT2D eigenvalue weighted by atomic mass is 10.1. The topological polar surface area (TPSA) is 65.6 Å². The van der Waals surface area contributed by atoms with E-state index in [4.69, 9.17) is 11.6 Å². The van der Waals surface area contributed by atoms with E-state index in [-0.39, 0.29) is 0 Å². The molecule has 0 spiro atoms. The van der Waals surface area contributed by atoms with Crippen molar-refractivity contribution >= 4 is 46.6 Å². The monoisotopic (exact) mass is 411 g/mol. The fourth-order valence-electron chi connectivity index (χ4n) is 2.71. The molecule has 0 aliphatic heterocycles. The lowest BCUT2D eigenvalue weighted by Gasteiger charge is -2.07. The number of aromatic amines is 1. The van der Waals surface area contributed by atoms with E-state index in [1.54, 1.807) is 18.6 Å². The molecule has 3 N–H and O–H groups in total. The van der Waals surface area contributed by atoms with E-state index in [0.29, 0.717) is 5.02 Å². The molecule has 0 amide bonds. The lowest BCUT2D eigenvalue weighted by Crippen LogP contribution is -2.03. The van der Waals surface area contributed by atoms with Crippen LogP contribution in [-0.2, 0) is 6.54 Å². The van der Waals surface area contributed by atoms with E-state index in [2.05, 4.69) is 56.4 Å². The van der Waals surface area contributed by atoms with Gasteiger partial charge >= 0.3 is 0 Å². The molecule has 28 heavy (non-hydrogen) atoms. The van der Waals surface area contributed by atoms with Crippen LogP contribution in [0.2, 0.25) is 5.02 Å². The highest BCUT2D eigenvalue weighted by Gasteiger charge is 2.05. The van der Waals surface area contributed by atoms with Crippen LogP contribution in [0.1, 0.15) is 11.1 Å². The zero-order chi connectivity index (χ0) is 19.9. The number of thiol groups is 1. The maximum absolute atomic E-state index is 5.99. The van der Waals surface area contributed by atoms with Gasteiger partial charge in [-0.3, -0.25) is 4.98 Å². The van der Waals surface area contributed by atoms with Gasteiger partial charge in [0.15, 0.2) is 0 Å². The van der Waals surface area contributed by atoms with Crippen LogP contribution in [0.25, 0.3) is 10.9 Å². The molecule has 0 aliphatic carbocycles. The van der Waals surface area contributed by atoms with Gasteiger partial charge in [0.25, 0.3) is 0 Å². The highest BCUT2D eigenvalue weighted by Crippen LogP contribution is 2.25. The number of hydrogen-bond acceptors (Lipinski definition) is 5. The Morgan fingerprint density at radius 3 is 2.68 bits per heavy atom. The highest BCUT2D eigenvalue weighted by molar-refractivity contribution is 7.80. The number of pyridine rings is 2. The minimum Gasteiger partial charge on any atom is -0.361 e. The Labute approximate surface area is 175 Å². The second-order valence-corrected chi connectivity index (χ2v) is 7.18. The van der Waals surface area contributed by atoms with Crippen LogP contribution in [0.4, 0.5) is 11.5 Å². The smallest absolute Gasteiger partial charge is 0.130 e. The van der Waals surface area contributed by atoms with E-state index < -0.39 is 0 Å². The van der Waals surface area contributed by atoms with Gasteiger partial charge in [0, 0.05) is 52.8 Å². The van der Waals surface area contributed by atoms with Gasteiger partial charge in [-0.25, -0.2) is 4.98 Å². The van der Waals surface area contributed by atoms with Crippen molar-refractivity contribution in [3.63, 3.8) is 0 Å². The summed E-state index contributed by atoms with van der Waals surface area (Å²) in [5.74, 6) is 0.790. The molecule has 3 heterocycles. The number of H-pyrrole nitrogens is 1. The van der Waals surface area contributed by atoms with Crippen molar-refractivity contribution in [1.29, 1.82) is 0 Å². The number of nitrogens with one attached hydrogen (secondary N) is 3. The predicted molar refractivity (Wildman–Crippen MR) is 120 cm³/mol. The molecule has 4 aromatic rings. The molecule has 0 radical (unpaired) electrons. The number of nitrogens with zero attached hydrogens (tertiary/aromatic N) is 2. The molecular weight excluding hydrogens is 390 g/mol. The average molecular weight is 412 g/mol. The van der Waals surface area contributed by atoms with Gasteiger partial charge in [-0.15, -0.1) is 12.6 Å². The Kier molecular flexibility index (Phi) is 6.92. The third kappa shape index (κ3) is 5.25. The van der Waals surface area contributed by atoms with Crippen molar-refractivity contribution in [3.05, 3.63) is 77.3 Å². The average Bonchev–Trinajstić information content (AvgIpc) is 3.08. The Hall–Kier alpha value is -2.54. The maximum atomic E-state index is 5.99. The minimum absolute atomic E-state index is 0.678. The number of aromatic nitrogens is 3. The van der Waals surface area contributed by atoms with Crippen LogP contribution < -0.4 is 10.6 Å². The standard InChI is InChI=1S/C16H17ClN4.C5H5NS/c1-10-5-16(20-9-14(10)17)21-12-3-4-13-11(7-18-2)8-19-15(13)6-12;7-5-2-1-3-6-4-5/h3-6,8-9,18-19H,7H2,1-2H3,(H,20,21);1-4,7H. The van der Waals surface area contributed by atoms with Crippen molar-refractivity contribution < 1.29 is 0 Å². The number of fused-ring (bicyclic) bond motifs is 1. The van der Waals surface area contributed by atoms with Gasteiger partial charge in [0.05, 0.1) is 5.02 Å². The molecular formula is C21H22ClN5S. The Bertz CT molecular complexity index is 1050. The molecule has 7 heteroatoms. The Morgan fingerprint density at radius 2 is 2.04 bits per heavy atom. The first-order valence-corrected chi connectivity index (χ1v) is 9.62. The van der Waals surface area contributed by atoms with Crippen LogP contribution in [0.3, 0.4) is 0 Å². The van der Waals surface area contributed by atoms with Gasteiger partial charge in [0.1, 0.15) is 5.82 Å². The number of hydrogen-bond donors (Lipinski definition) is 4. The first-order valence-electron chi connectivity index (χ1n) is 8.79. The van der Waals surface area contributed by atoms with Crippen LogP contribution in [-0.4, -0.2) is 22.0 Å². The van der Waals surface area contributed by atoms with E-state index in [1.165, 1.54) is 10.9 Å². The SMILES string of the molecule is CNCc1c[nH]c2cc(Nc3cc(C)c(Cl)cn3)ccc12.Sc1cccnc1. The summed E-state index contributed by atoms with van der Waals surface area (Å²) in [4.78, 5) is 12.3. The number of benzene rings is 1. The summed E-state index contributed by atoms with van der Waals surface area (Å²) >= 11 is 10.0. The molecule has 3 aromatic heterocycles. The zero-order valence-electron chi connectivity index (χ0n) is 15.7. The van der Waals surface area contributed by atoms with Crippen molar-refractivity contribution in [3.8, 4) is 0 Å². The van der Waals surface area contributed by atoms with Crippen LogP contribution in [0.15, 0.2) is 66.1 Å². The summed E-state index contributed by atoms with van der Waals surface area (Å²) in [5, 5.41) is 8.38. The lowest BCUT2D eigenvalue weighted by molar-refractivity contribution is 0.823. The maximum Gasteiger partial charge on any atom is 0.130 e. The van der Waals surface area contributed by atoms with Crippen molar-refractivity contribution in [2.45, 2.75) is 18.4 Å². The van der Waals surface area contributed by atoms with E-state index >= 15 is 0 Å². The highest BCUT2D eigenvalue weighted by atomic mass is 35.5. The zero-order valence-corrected chi connectivity index (χ0v) is 17.4. The van der Waals surface area contributed by atoms with Gasteiger partial charge in [-0.2, -0.15) is 0 Å². The van der Waals surface area contributed by atoms with Crippen LogP contribution in [0.5, 0.6) is 0 Å². The number of halogens is 1. The minimum atomic E-state index is 0.678. The molecule has 0 unspecified atom stereocenters. The molecule has 1 aromatic carbocycles. The molecule has 0 saturated carbocycles. The van der Waals surface area contributed by atoms with Crippen LogP contribution >= 0.6 is 24.2 Å². The normalized spacial score (nSPS) is 10.4. The molecule has 0 bridgehead atoms. The van der Waals surface area contributed by atoms with Gasteiger partial charge in [-0.05, 0) is 55.4 Å². The second kappa shape index (κ2) is 9.59. The van der Waals surface area contributed by atoms with E-state index in [0.717, 1.165) is 34.0 Å². The Balaban J connectivity index is 0.000000271. The summed E-state index contributed by atoms with van der Waals surface area (Å²) in [7, 11) is 1.95. The number of rotatable bonds is 4. The second-order valence-electron chi connectivity index (χ2n) is 6.26. The number of anilines is 2. The summed E-state index contributed by atoms with van der Waals surface area (Å²) in [5.41, 5.74) is 4.37. The number of aryl methyl sites for hydroxylation is 1. The molecule has 0 aliphatic rings. The van der Waals surface area contributed by atoms with Crippen molar-refractivity contribution in [1.82, 2.24) is 20.3 Å².